The Kier molecular flexibility index (Phi) is 6.32. The maximum atomic E-state index is 13.1. The van der Waals surface area contributed by atoms with Gasteiger partial charge in [0.1, 0.15) is 0 Å². The van der Waals surface area contributed by atoms with Crippen LogP contribution in [0, 0.1) is 13.8 Å². The molecule has 5 nitrogen and oxygen atoms in total. The van der Waals surface area contributed by atoms with E-state index in [1.165, 1.54) is 0 Å². The fourth-order valence-corrected chi connectivity index (χ4v) is 5.27. The van der Waals surface area contributed by atoms with Crippen molar-refractivity contribution < 1.29 is 13.2 Å². The number of rotatable bonds is 6. The van der Waals surface area contributed by atoms with Crippen LogP contribution < -0.4 is 4.72 Å². The van der Waals surface area contributed by atoms with Crippen molar-refractivity contribution in [3.05, 3.63) is 65.2 Å². The number of nitrogens with zero attached hydrogens (tertiary/aromatic N) is 1. The molecule has 0 aromatic heterocycles. The molecule has 0 spiro atoms. The van der Waals surface area contributed by atoms with Crippen molar-refractivity contribution >= 4 is 10.0 Å². The Morgan fingerprint density at radius 1 is 1.04 bits per heavy atom. The topological polar surface area (TPSA) is 58.6 Å². The summed E-state index contributed by atoms with van der Waals surface area (Å²) < 4.78 is 34.6. The predicted molar refractivity (Wildman–Crippen MR) is 107 cm³/mol. The van der Waals surface area contributed by atoms with Crippen molar-refractivity contribution in [1.29, 1.82) is 0 Å². The molecule has 6 heteroatoms. The standard InChI is InChI=1S/C21H28N2O3S/c1-16-9-10-17(2)20(15-16)27(24,25)22-18(3)21(19-7-5-4-6-8-19)23-11-13-26-14-12-23/h4-10,15,18,21-22H,11-14H2,1-3H3. The lowest BCUT2D eigenvalue weighted by atomic mass is 9.99. The average molecular weight is 389 g/mol. The van der Waals surface area contributed by atoms with Crippen molar-refractivity contribution in [3.8, 4) is 0 Å². The second-order valence-corrected chi connectivity index (χ2v) is 8.87. The van der Waals surface area contributed by atoms with Crippen LogP contribution in [0.15, 0.2) is 53.4 Å². The van der Waals surface area contributed by atoms with Gasteiger partial charge in [0.2, 0.25) is 10.0 Å². The fourth-order valence-electron chi connectivity index (χ4n) is 3.69. The zero-order valence-electron chi connectivity index (χ0n) is 16.2. The molecule has 1 fully saturated rings. The van der Waals surface area contributed by atoms with Gasteiger partial charge in [0.25, 0.3) is 0 Å². The molecule has 2 aromatic rings. The maximum absolute atomic E-state index is 13.1. The van der Waals surface area contributed by atoms with Crippen LogP contribution in [0.1, 0.15) is 29.7 Å². The van der Waals surface area contributed by atoms with E-state index < -0.39 is 10.0 Å². The first-order chi connectivity index (χ1) is 12.9. The molecule has 0 bridgehead atoms. The van der Waals surface area contributed by atoms with Crippen molar-refractivity contribution in [1.82, 2.24) is 9.62 Å². The summed E-state index contributed by atoms with van der Waals surface area (Å²) >= 11 is 0. The van der Waals surface area contributed by atoms with E-state index in [9.17, 15) is 8.42 Å². The van der Waals surface area contributed by atoms with Crippen molar-refractivity contribution in [3.63, 3.8) is 0 Å². The molecular weight excluding hydrogens is 360 g/mol. The molecule has 0 radical (unpaired) electrons. The molecule has 1 aliphatic heterocycles. The highest BCUT2D eigenvalue weighted by Crippen LogP contribution is 2.27. The highest BCUT2D eigenvalue weighted by Gasteiger charge is 2.31. The van der Waals surface area contributed by atoms with Crippen LogP contribution in [0.3, 0.4) is 0 Å². The molecule has 27 heavy (non-hydrogen) atoms. The third-order valence-electron chi connectivity index (χ3n) is 5.03. The number of hydrogen-bond acceptors (Lipinski definition) is 4. The number of aryl methyl sites for hydroxylation is 2. The lowest BCUT2D eigenvalue weighted by Crippen LogP contribution is -2.48. The van der Waals surface area contributed by atoms with Crippen molar-refractivity contribution in [2.75, 3.05) is 26.3 Å². The monoisotopic (exact) mass is 388 g/mol. The van der Waals surface area contributed by atoms with E-state index in [0.29, 0.717) is 18.1 Å². The molecule has 0 amide bonds. The first-order valence-corrected chi connectivity index (χ1v) is 10.8. The zero-order valence-corrected chi connectivity index (χ0v) is 17.0. The van der Waals surface area contributed by atoms with Gasteiger partial charge in [-0.15, -0.1) is 0 Å². The van der Waals surface area contributed by atoms with Gasteiger partial charge in [-0.25, -0.2) is 13.1 Å². The Morgan fingerprint density at radius 2 is 1.70 bits per heavy atom. The van der Waals surface area contributed by atoms with Crippen LogP contribution in [0.2, 0.25) is 0 Å². The van der Waals surface area contributed by atoms with Gasteiger partial charge in [0.05, 0.1) is 24.2 Å². The van der Waals surface area contributed by atoms with Gasteiger partial charge in [-0.3, -0.25) is 4.90 Å². The lowest BCUT2D eigenvalue weighted by Gasteiger charge is -2.38. The van der Waals surface area contributed by atoms with Crippen LogP contribution in [0.5, 0.6) is 0 Å². The van der Waals surface area contributed by atoms with Crippen LogP contribution in [-0.4, -0.2) is 45.7 Å². The van der Waals surface area contributed by atoms with Crippen LogP contribution in [0.25, 0.3) is 0 Å². The van der Waals surface area contributed by atoms with E-state index in [1.807, 2.05) is 51.1 Å². The summed E-state index contributed by atoms with van der Waals surface area (Å²) in [5.74, 6) is 0. The zero-order chi connectivity index (χ0) is 19.4. The van der Waals surface area contributed by atoms with Crippen LogP contribution >= 0.6 is 0 Å². The minimum absolute atomic E-state index is 0.0463. The lowest BCUT2D eigenvalue weighted by molar-refractivity contribution is 0.0105. The van der Waals surface area contributed by atoms with Crippen molar-refractivity contribution in [2.45, 2.75) is 37.8 Å². The smallest absolute Gasteiger partial charge is 0.241 e. The number of ether oxygens (including phenoxy) is 1. The van der Waals surface area contributed by atoms with Gasteiger partial charge in [-0.05, 0) is 43.5 Å². The minimum atomic E-state index is -3.61. The number of benzene rings is 2. The predicted octanol–water partition coefficient (Wildman–Crippen LogP) is 3.04. The SMILES string of the molecule is Cc1ccc(C)c(S(=O)(=O)NC(C)C(c2ccccc2)N2CCOCC2)c1. The first kappa shape index (κ1) is 20.0. The summed E-state index contributed by atoms with van der Waals surface area (Å²) in [6.07, 6.45) is 0. The van der Waals surface area contributed by atoms with Gasteiger partial charge < -0.3 is 4.74 Å². The van der Waals surface area contributed by atoms with Gasteiger partial charge in [0.15, 0.2) is 0 Å². The van der Waals surface area contributed by atoms with E-state index in [2.05, 4.69) is 21.8 Å². The summed E-state index contributed by atoms with van der Waals surface area (Å²) in [5.41, 5.74) is 2.79. The number of nitrogens with one attached hydrogen (secondary N) is 1. The summed E-state index contributed by atoms with van der Waals surface area (Å²) in [4.78, 5) is 2.65. The van der Waals surface area contributed by atoms with E-state index in [0.717, 1.165) is 29.8 Å². The third-order valence-corrected chi connectivity index (χ3v) is 6.73. The first-order valence-electron chi connectivity index (χ1n) is 9.35. The summed E-state index contributed by atoms with van der Waals surface area (Å²) in [6.45, 7) is 8.58. The maximum Gasteiger partial charge on any atom is 0.241 e. The molecule has 1 aliphatic rings. The van der Waals surface area contributed by atoms with E-state index in [4.69, 9.17) is 4.74 Å². The third kappa shape index (κ3) is 4.76. The Hall–Kier alpha value is -1.73. The van der Waals surface area contributed by atoms with Crippen molar-refractivity contribution in [2.24, 2.45) is 0 Å². The summed E-state index contributed by atoms with van der Waals surface area (Å²) in [6, 6.07) is 15.3. The Balaban J connectivity index is 1.89. The number of sulfonamides is 1. The largest absolute Gasteiger partial charge is 0.379 e. The van der Waals surface area contributed by atoms with Gasteiger partial charge in [-0.2, -0.15) is 0 Å². The Labute approximate surface area is 162 Å². The molecule has 1 saturated heterocycles. The molecule has 2 atom stereocenters. The number of morpholine rings is 1. The van der Waals surface area contributed by atoms with E-state index in [-0.39, 0.29) is 12.1 Å². The molecule has 2 unspecified atom stereocenters. The number of hydrogen-bond donors (Lipinski definition) is 1. The van der Waals surface area contributed by atoms with Crippen LogP contribution in [-0.2, 0) is 14.8 Å². The van der Waals surface area contributed by atoms with Gasteiger partial charge in [0, 0.05) is 19.1 Å². The normalized spacial score (nSPS) is 18.2. The minimum Gasteiger partial charge on any atom is -0.379 e. The molecule has 2 aromatic carbocycles. The summed E-state index contributed by atoms with van der Waals surface area (Å²) in [7, 11) is -3.61. The molecule has 3 rings (SSSR count). The molecule has 0 saturated carbocycles. The second kappa shape index (κ2) is 8.52. The molecule has 146 valence electrons. The second-order valence-electron chi connectivity index (χ2n) is 7.18. The van der Waals surface area contributed by atoms with Gasteiger partial charge >= 0.3 is 0 Å². The highest BCUT2D eigenvalue weighted by atomic mass is 32.2. The van der Waals surface area contributed by atoms with Crippen LogP contribution in [0.4, 0.5) is 0 Å². The van der Waals surface area contributed by atoms with E-state index >= 15 is 0 Å². The highest BCUT2D eigenvalue weighted by molar-refractivity contribution is 7.89. The summed E-state index contributed by atoms with van der Waals surface area (Å²) in [5, 5.41) is 0. The molecular formula is C21H28N2O3S. The molecule has 0 aliphatic carbocycles. The Morgan fingerprint density at radius 3 is 2.37 bits per heavy atom. The quantitative estimate of drug-likeness (QED) is 0.826. The van der Waals surface area contributed by atoms with E-state index in [1.54, 1.807) is 6.07 Å². The van der Waals surface area contributed by atoms with Gasteiger partial charge in [-0.1, -0.05) is 42.5 Å². The molecule has 1 N–H and O–H groups in total. The Bertz CT molecular complexity index is 862. The molecule has 1 heterocycles. The average Bonchev–Trinajstić information content (AvgIpc) is 2.65. The fraction of sp³-hybridized carbons (Fsp3) is 0.429.